The van der Waals surface area contributed by atoms with Gasteiger partial charge in [-0.25, -0.2) is 18.7 Å². The molecule has 0 aliphatic carbocycles. The summed E-state index contributed by atoms with van der Waals surface area (Å²) in [6.45, 7) is -11.2. The van der Waals surface area contributed by atoms with Gasteiger partial charge < -0.3 is 255 Å². The predicted octanol–water partition coefficient (Wildman–Crippen LogP) is -21.8. The van der Waals surface area contributed by atoms with E-state index in [0.29, 0.717) is 0 Å². The van der Waals surface area contributed by atoms with Gasteiger partial charge in [-0.3, -0.25) is 9.05 Å². The van der Waals surface area contributed by atoms with E-state index in [4.69, 9.17) is 101 Å². The number of ether oxygens (including phenoxy) is 17. The molecule has 47 atom stereocenters. The van der Waals surface area contributed by atoms with Crippen molar-refractivity contribution < 1.29 is 271 Å². The van der Waals surface area contributed by atoms with Crippen molar-refractivity contribution in [1.82, 2.24) is 0 Å². The quantitative estimate of drug-likeness (QED) is 0.0271. The van der Waals surface area contributed by atoms with Gasteiger partial charge in [-0.1, -0.05) is 0 Å². The monoisotopic (exact) mass is 1770 g/mol. The van der Waals surface area contributed by atoms with Crippen LogP contribution in [0.1, 0.15) is 6.42 Å². The normalized spacial score (nSPS) is 48.7. The summed E-state index contributed by atoms with van der Waals surface area (Å²) in [5.41, 5.74) is 11.8. The average molecular weight is 1770 g/mol. The van der Waals surface area contributed by atoms with Gasteiger partial charge >= 0.3 is 27.6 Å². The van der Waals surface area contributed by atoms with E-state index in [9.17, 15) is 181 Å². The number of nitrogens with two attached hydrogens (primary N) is 2. The number of hydrogen-bond donors (Lipinski definition) is 34. The van der Waals surface area contributed by atoms with Gasteiger partial charge in [0.25, 0.3) is 5.79 Å². The van der Waals surface area contributed by atoms with E-state index in [0.717, 1.165) is 0 Å². The number of aliphatic hydroxyl groups is 26. The molecular formula is C58H100N2O55P2. The average Bonchev–Trinajstić information content (AvgIpc) is 0.744. The number of hydrogen-bond acceptors (Lipinski definition) is 51. The molecule has 0 aromatic rings. The highest BCUT2D eigenvalue weighted by molar-refractivity contribution is 7.46. The number of aliphatic carboxylic acids is 2. The fourth-order valence-electron chi connectivity index (χ4n) is 14.2. The van der Waals surface area contributed by atoms with Gasteiger partial charge in [-0.05, 0) is 0 Å². The summed E-state index contributed by atoms with van der Waals surface area (Å²) in [6, 6.07) is -3.58. The lowest BCUT2D eigenvalue weighted by atomic mass is 9.90. The molecule has 0 saturated carbocycles. The third-order valence-electron chi connectivity index (χ3n) is 20.6. The first kappa shape index (κ1) is 98.2. The lowest BCUT2D eigenvalue weighted by molar-refractivity contribution is -0.431. The predicted molar refractivity (Wildman–Crippen MR) is 347 cm³/mol. The third kappa shape index (κ3) is 21.7. The smallest absolute Gasteiger partial charge is 0.470 e. The molecule has 117 heavy (non-hydrogen) atoms. The zero-order valence-corrected chi connectivity index (χ0v) is 62.0. The number of rotatable bonds is 33. The zero-order valence-electron chi connectivity index (χ0n) is 60.2. The van der Waals surface area contributed by atoms with Crippen molar-refractivity contribution in [1.29, 1.82) is 0 Å². The van der Waals surface area contributed by atoms with E-state index in [1.807, 2.05) is 0 Å². The van der Waals surface area contributed by atoms with Crippen LogP contribution < -0.4 is 11.5 Å². The summed E-state index contributed by atoms with van der Waals surface area (Å²) in [5, 5.41) is 309. The molecule has 0 spiro atoms. The molecule has 0 aromatic heterocycles. The largest absolute Gasteiger partial charge is 0.479 e. The highest BCUT2D eigenvalue weighted by Crippen LogP contribution is 2.49. The van der Waals surface area contributed by atoms with Crippen LogP contribution in [0.3, 0.4) is 0 Å². The number of carboxylic acid groups (broad SMARTS) is 2. The molecule has 9 rings (SSSR count). The molecule has 9 aliphatic heterocycles. The van der Waals surface area contributed by atoms with E-state index in [2.05, 4.69) is 0 Å². The summed E-state index contributed by atoms with van der Waals surface area (Å²) in [4.78, 5) is 68.1. The highest BCUT2D eigenvalue weighted by atomic mass is 31.2. The van der Waals surface area contributed by atoms with Crippen molar-refractivity contribution in [3.05, 3.63) is 0 Å². The van der Waals surface area contributed by atoms with Crippen molar-refractivity contribution >= 4 is 27.6 Å². The Bertz CT molecular complexity index is 3230. The number of phosphoric acid groups is 2. The summed E-state index contributed by atoms with van der Waals surface area (Å²) < 4.78 is 135. The lowest BCUT2D eigenvalue weighted by Crippen LogP contribution is -2.72. The summed E-state index contributed by atoms with van der Waals surface area (Å²) in [6.07, 6.45) is -113. The zero-order chi connectivity index (χ0) is 87.0. The van der Waals surface area contributed by atoms with E-state index < -0.39 is 375 Å². The first-order valence-electron chi connectivity index (χ1n) is 35.5. The van der Waals surface area contributed by atoms with Crippen molar-refractivity contribution in [3.63, 3.8) is 0 Å². The molecule has 0 bridgehead atoms. The maximum absolute atomic E-state index is 14.0. The number of carboxylic acids is 2. The van der Waals surface area contributed by atoms with Crippen molar-refractivity contribution in [3.8, 4) is 0 Å². The lowest BCUT2D eigenvalue weighted by Gasteiger charge is -2.54. The maximum Gasteiger partial charge on any atom is 0.470 e. The minimum Gasteiger partial charge on any atom is -0.479 e. The van der Waals surface area contributed by atoms with Crippen LogP contribution in [0.4, 0.5) is 0 Å². The first-order valence-corrected chi connectivity index (χ1v) is 38.6. The topological polar surface area (TPSA) is 943 Å². The molecule has 59 heteroatoms. The Morgan fingerprint density at radius 3 is 1.26 bits per heavy atom. The Labute approximate surface area is 655 Å². The van der Waals surface area contributed by atoms with Crippen molar-refractivity contribution in [2.75, 3.05) is 52.9 Å². The molecule has 9 aliphatic rings. The molecule has 57 nitrogen and oxygen atoms in total. The van der Waals surface area contributed by atoms with Gasteiger partial charge in [0.05, 0.1) is 64.9 Å². The molecular weight excluding hydrogens is 1670 g/mol. The minimum absolute atomic E-state index is 0.958. The van der Waals surface area contributed by atoms with Crippen LogP contribution in [-0.2, 0) is 108 Å². The molecule has 0 radical (unpaired) electrons. The van der Waals surface area contributed by atoms with Gasteiger partial charge in [0.2, 0.25) is 0 Å². The Balaban J connectivity index is 1.20. The van der Waals surface area contributed by atoms with E-state index in [1.165, 1.54) is 0 Å². The van der Waals surface area contributed by atoms with Gasteiger partial charge in [0.1, 0.15) is 214 Å². The van der Waals surface area contributed by atoms with Crippen molar-refractivity contribution in [2.24, 2.45) is 11.5 Å². The summed E-state index contributed by atoms with van der Waals surface area (Å²) >= 11 is 0. The van der Waals surface area contributed by atoms with Crippen LogP contribution in [-0.4, -0.2) is 515 Å². The van der Waals surface area contributed by atoms with Crippen LogP contribution in [0.5, 0.6) is 0 Å². The molecule has 9 heterocycles. The maximum atomic E-state index is 14.0. The Kier molecular flexibility index (Phi) is 34.2. The van der Waals surface area contributed by atoms with Gasteiger partial charge in [-0.2, -0.15) is 0 Å². The molecule has 682 valence electrons. The molecule has 9 fully saturated rings. The second kappa shape index (κ2) is 40.8. The standard InChI is InChI=1S/C58H100N2O55P2/c59-19-25(74)24(73)17(99-49(19)88)8-97-50-20(60)26(75)40(115-117(94,95)96)18(103-50)9-98-58(57(89)90)1-13(114-116(91,92)93)41(39(113-58)12(69)4-63)106-56-47(112-53-36(85)29(78)23(72)16(7-66)102-53)46(45(38(105-56)11(68)3-62)110-52-35(84)28(77)22(71)15(6-65)101-52)111-54-44(32(81)30(79)37(104-54)10(67)2-61)109-55-43(33(82)31(80)42(107-55)48(86)87)108-51-34(83)27(76)21(70)14(5-64)100-51/h10-47,49-56,61-85,88H,1-9,59-60H2,(H,86,87)(H,89,90)(H2,91,92,93)(H2,94,95,96)/t10-,11-,12-,13-,14-,15-,16-,17-,18-,19-,20-,21-,22-,23-,24-,25-,26-,27+,28+,29+,30+,31+,32+,33-,34-,35-,36-,37-,38-,39-,40-,41-,42+,43-,44+,45-,46+,47+,49+,50-,51-,52+,53+,54-,55-,56-,58-/m1/s1. The second-order valence-electron chi connectivity index (χ2n) is 28.5. The summed E-state index contributed by atoms with van der Waals surface area (Å²) in [7, 11) is -12.2. The Morgan fingerprint density at radius 2 is 0.786 bits per heavy atom. The van der Waals surface area contributed by atoms with Crippen LogP contribution >= 0.6 is 15.6 Å². The second-order valence-corrected chi connectivity index (χ2v) is 30.9. The fraction of sp³-hybridized carbons (Fsp3) is 0.966. The fourth-order valence-corrected chi connectivity index (χ4v) is 15.3. The van der Waals surface area contributed by atoms with Gasteiger partial charge in [-0.15, -0.1) is 0 Å². The van der Waals surface area contributed by atoms with Crippen LogP contribution in [0, 0.1) is 0 Å². The molecule has 0 amide bonds. The molecule has 9 saturated heterocycles. The van der Waals surface area contributed by atoms with E-state index in [1.54, 1.807) is 0 Å². The first-order chi connectivity index (χ1) is 54.7. The van der Waals surface area contributed by atoms with Crippen LogP contribution in [0.25, 0.3) is 0 Å². The van der Waals surface area contributed by atoms with E-state index >= 15 is 0 Å². The van der Waals surface area contributed by atoms with E-state index in [-0.39, 0.29) is 0 Å². The van der Waals surface area contributed by atoms with Crippen molar-refractivity contribution in [2.45, 2.75) is 294 Å². The Hall–Kier alpha value is -2.64. The summed E-state index contributed by atoms with van der Waals surface area (Å²) in [5.74, 6) is -8.38. The highest BCUT2D eigenvalue weighted by Gasteiger charge is 2.65. The minimum atomic E-state index is -6.35. The number of phosphoric ester groups is 2. The molecule has 0 unspecified atom stereocenters. The van der Waals surface area contributed by atoms with Crippen LogP contribution in [0.2, 0.25) is 0 Å². The molecule has 0 aromatic carbocycles. The molecule has 36 N–H and O–H groups in total. The Morgan fingerprint density at radius 1 is 0.376 bits per heavy atom. The number of aliphatic hydroxyl groups excluding tert-OH is 26. The van der Waals surface area contributed by atoms with Crippen LogP contribution in [0.15, 0.2) is 0 Å². The van der Waals surface area contributed by atoms with Gasteiger partial charge in [0.15, 0.2) is 56.4 Å². The number of carbonyl (C=O) groups is 2. The van der Waals surface area contributed by atoms with Gasteiger partial charge in [0, 0.05) is 6.42 Å². The SMILES string of the molecule is N[C@@H]1[C@@H](O)[C@H](O)[C@@H](CO[C@@H]2O[C@H](CO[C@]3(C(=O)O)C[C@@H](OP(=O)(O)O)[C@@H](O[C@H]4O[C@H]([C@H](O)CO)[C@@H](O[C@@H]5O[C@H](CO)[C@@H](O)[C@H](O)[C@H]5O)[C@H](O[C@H]5O[C@H]([C@H](O)CO)[C@@H](O)[C@H](O)[C@@H]5O[C@H]5O[C@H](C(=O)O)[C@@H](O)[C@@H](O)[C@H]5O[C@H]5O[C@H](CO)[C@@H](O)[C@H](O)[C@H]5O)[C@@H]4O[C@@H]4O[C@H](CO)[C@@H](O)[C@H](O)[C@H]4O)[C@@H]([C@H](O)CO)O3)[C@@H](OP(=O)(O)O)[C@H](O)[C@H]2N)O[C@@H]1O. The third-order valence-corrected chi connectivity index (χ3v) is 21.7.